The molecule has 0 bridgehead atoms. The van der Waals surface area contributed by atoms with Crippen molar-refractivity contribution in [3.8, 4) is 11.5 Å². The van der Waals surface area contributed by atoms with Gasteiger partial charge in [0.15, 0.2) is 5.78 Å². The number of hydrogen-bond donors (Lipinski definition) is 1. The number of hydrogen-bond acceptors (Lipinski definition) is 6. The van der Waals surface area contributed by atoms with Crippen LogP contribution in [-0.2, 0) is 4.79 Å². The van der Waals surface area contributed by atoms with E-state index in [1.807, 2.05) is 30.3 Å². The second kappa shape index (κ2) is 9.72. The fraction of sp³-hybridized carbons (Fsp3) is 0.0435. The van der Waals surface area contributed by atoms with Crippen LogP contribution in [0.15, 0.2) is 93.0 Å². The molecule has 154 valence electrons. The van der Waals surface area contributed by atoms with Crippen molar-refractivity contribution >= 4 is 45.1 Å². The van der Waals surface area contributed by atoms with Gasteiger partial charge in [-0.05, 0) is 40.2 Å². The van der Waals surface area contributed by atoms with Crippen LogP contribution in [-0.4, -0.2) is 27.6 Å². The Hall–Kier alpha value is -3.23. The number of anilines is 1. The molecular formula is C23H16BrN3O3S. The van der Waals surface area contributed by atoms with E-state index in [2.05, 4.69) is 31.4 Å². The van der Waals surface area contributed by atoms with Crippen molar-refractivity contribution < 1.29 is 14.0 Å². The van der Waals surface area contributed by atoms with Crippen LogP contribution in [0.25, 0.3) is 11.5 Å². The van der Waals surface area contributed by atoms with Gasteiger partial charge < -0.3 is 9.73 Å². The van der Waals surface area contributed by atoms with Gasteiger partial charge in [-0.2, -0.15) is 0 Å². The molecule has 0 unspecified atom stereocenters. The number of halogens is 1. The number of aromatic nitrogens is 2. The standard InChI is InChI=1S/C23H16BrN3O3S/c24-18-12-6-4-10-16(18)22-26-27-23(30-22)31-14-20(28)25-19-13-7-5-11-17(19)21(29)15-8-2-1-3-9-15/h1-13H,14H2,(H,25,28). The molecule has 0 radical (unpaired) electrons. The van der Waals surface area contributed by atoms with Gasteiger partial charge in [-0.1, -0.05) is 66.4 Å². The fourth-order valence-electron chi connectivity index (χ4n) is 2.86. The van der Waals surface area contributed by atoms with Gasteiger partial charge >= 0.3 is 0 Å². The third-order valence-corrected chi connectivity index (χ3v) is 5.83. The topological polar surface area (TPSA) is 85.1 Å². The van der Waals surface area contributed by atoms with Crippen LogP contribution in [0.3, 0.4) is 0 Å². The highest BCUT2D eigenvalue weighted by molar-refractivity contribution is 9.10. The van der Waals surface area contributed by atoms with Crippen LogP contribution in [0.2, 0.25) is 0 Å². The maximum absolute atomic E-state index is 12.8. The summed E-state index contributed by atoms with van der Waals surface area (Å²) in [4.78, 5) is 25.3. The summed E-state index contributed by atoms with van der Waals surface area (Å²) in [6, 6.07) is 23.4. The van der Waals surface area contributed by atoms with Crippen molar-refractivity contribution in [2.45, 2.75) is 5.22 Å². The Morgan fingerprint density at radius 3 is 2.42 bits per heavy atom. The molecule has 0 spiro atoms. The number of thioether (sulfide) groups is 1. The molecule has 1 amide bonds. The highest BCUT2D eigenvalue weighted by atomic mass is 79.9. The van der Waals surface area contributed by atoms with Crippen LogP contribution in [0.1, 0.15) is 15.9 Å². The molecule has 0 aliphatic rings. The number of amides is 1. The lowest BCUT2D eigenvalue weighted by atomic mass is 10.0. The molecule has 8 heteroatoms. The van der Waals surface area contributed by atoms with Gasteiger partial charge in [0.2, 0.25) is 11.8 Å². The minimum Gasteiger partial charge on any atom is -0.411 e. The van der Waals surface area contributed by atoms with Crippen molar-refractivity contribution in [1.29, 1.82) is 0 Å². The van der Waals surface area contributed by atoms with Gasteiger partial charge in [0.05, 0.1) is 17.0 Å². The van der Waals surface area contributed by atoms with Gasteiger partial charge in [-0.15, -0.1) is 10.2 Å². The van der Waals surface area contributed by atoms with E-state index in [9.17, 15) is 9.59 Å². The van der Waals surface area contributed by atoms with Crippen LogP contribution in [0.4, 0.5) is 5.69 Å². The Morgan fingerprint density at radius 1 is 0.903 bits per heavy atom. The minimum absolute atomic E-state index is 0.0610. The van der Waals surface area contributed by atoms with Gasteiger partial charge in [-0.3, -0.25) is 9.59 Å². The summed E-state index contributed by atoms with van der Waals surface area (Å²) in [5, 5.41) is 11.1. The Bertz CT molecular complexity index is 1230. The second-order valence-electron chi connectivity index (χ2n) is 6.43. The van der Waals surface area contributed by atoms with Crippen LogP contribution in [0.5, 0.6) is 0 Å². The van der Waals surface area contributed by atoms with Gasteiger partial charge in [0.25, 0.3) is 5.22 Å². The maximum Gasteiger partial charge on any atom is 0.277 e. The molecule has 0 fully saturated rings. The van der Waals surface area contributed by atoms with Crippen LogP contribution < -0.4 is 5.32 Å². The van der Waals surface area contributed by atoms with E-state index in [-0.39, 0.29) is 22.7 Å². The van der Waals surface area contributed by atoms with Crippen molar-refractivity contribution in [2.24, 2.45) is 0 Å². The van der Waals surface area contributed by atoms with Crippen molar-refractivity contribution in [1.82, 2.24) is 10.2 Å². The Kier molecular flexibility index (Phi) is 6.59. The lowest BCUT2D eigenvalue weighted by Crippen LogP contribution is -2.17. The average Bonchev–Trinajstić information content (AvgIpc) is 3.27. The third kappa shape index (κ3) is 5.10. The molecule has 1 N–H and O–H groups in total. The number of ketones is 1. The summed E-state index contributed by atoms with van der Waals surface area (Å²) in [6.07, 6.45) is 0. The zero-order chi connectivity index (χ0) is 21.6. The number of benzene rings is 3. The van der Waals surface area contributed by atoms with E-state index in [1.165, 1.54) is 0 Å². The third-order valence-electron chi connectivity index (χ3n) is 4.32. The largest absolute Gasteiger partial charge is 0.411 e. The molecule has 3 aromatic carbocycles. The molecule has 0 aliphatic heterocycles. The van der Waals surface area contributed by atoms with E-state index in [0.717, 1.165) is 21.8 Å². The van der Waals surface area contributed by atoms with E-state index < -0.39 is 0 Å². The predicted molar refractivity (Wildman–Crippen MR) is 123 cm³/mol. The van der Waals surface area contributed by atoms with E-state index >= 15 is 0 Å². The van der Waals surface area contributed by atoms with Crippen LogP contribution in [0, 0.1) is 0 Å². The molecule has 0 aliphatic carbocycles. The molecule has 0 saturated carbocycles. The molecule has 1 aromatic heterocycles. The van der Waals surface area contributed by atoms with E-state index in [1.54, 1.807) is 48.5 Å². The predicted octanol–water partition coefficient (Wildman–Crippen LogP) is 5.46. The number of carbonyl (C=O) groups is 2. The highest BCUT2D eigenvalue weighted by Crippen LogP contribution is 2.29. The smallest absolute Gasteiger partial charge is 0.277 e. The average molecular weight is 494 g/mol. The zero-order valence-corrected chi connectivity index (χ0v) is 18.5. The number of para-hydroxylation sites is 1. The minimum atomic E-state index is -0.279. The lowest BCUT2D eigenvalue weighted by Gasteiger charge is -2.10. The molecule has 0 atom stereocenters. The van der Waals surface area contributed by atoms with Crippen molar-refractivity contribution in [2.75, 3.05) is 11.1 Å². The van der Waals surface area contributed by atoms with Crippen LogP contribution >= 0.6 is 27.7 Å². The Balaban J connectivity index is 1.41. The first-order valence-corrected chi connectivity index (χ1v) is 11.1. The second-order valence-corrected chi connectivity index (χ2v) is 8.21. The normalized spacial score (nSPS) is 10.6. The Labute approximate surface area is 191 Å². The molecule has 31 heavy (non-hydrogen) atoms. The molecule has 0 saturated heterocycles. The first-order valence-electron chi connectivity index (χ1n) is 9.31. The van der Waals surface area contributed by atoms with E-state index in [4.69, 9.17) is 4.42 Å². The van der Waals surface area contributed by atoms with Crippen molar-refractivity contribution in [3.63, 3.8) is 0 Å². The summed E-state index contributed by atoms with van der Waals surface area (Å²) in [5.74, 6) is -0.00174. The first kappa shape index (κ1) is 21.0. The van der Waals surface area contributed by atoms with Gasteiger partial charge in [0.1, 0.15) is 0 Å². The van der Waals surface area contributed by atoms with Gasteiger partial charge in [0, 0.05) is 15.6 Å². The molecule has 1 heterocycles. The molecule has 6 nitrogen and oxygen atoms in total. The summed E-state index contributed by atoms with van der Waals surface area (Å²) in [6.45, 7) is 0. The van der Waals surface area contributed by atoms with Crippen molar-refractivity contribution in [3.05, 3.63) is 94.5 Å². The Morgan fingerprint density at radius 2 is 1.61 bits per heavy atom. The summed E-state index contributed by atoms with van der Waals surface area (Å²) in [7, 11) is 0. The fourth-order valence-corrected chi connectivity index (χ4v) is 3.88. The van der Waals surface area contributed by atoms with E-state index in [0.29, 0.717) is 22.7 Å². The first-order chi connectivity index (χ1) is 15.1. The SMILES string of the molecule is O=C(CSc1nnc(-c2ccccc2Br)o1)Nc1ccccc1C(=O)c1ccccc1. The quantitative estimate of drug-likeness (QED) is 0.271. The highest BCUT2D eigenvalue weighted by Gasteiger charge is 2.16. The molecule has 4 rings (SSSR count). The summed E-state index contributed by atoms with van der Waals surface area (Å²) < 4.78 is 6.49. The number of nitrogens with one attached hydrogen (secondary N) is 1. The number of carbonyl (C=O) groups excluding carboxylic acids is 2. The maximum atomic E-state index is 12.8. The summed E-state index contributed by atoms with van der Waals surface area (Å²) >= 11 is 4.58. The summed E-state index contributed by atoms with van der Waals surface area (Å²) in [5.41, 5.74) is 2.23. The number of rotatable bonds is 7. The molecule has 4 aromatic rings. The monoisotopic (exact) mass is 493 g/mol. The lowest BCUT2D eigenvalue weighted by molar-refractivity contribution is -0.113. The zero-order valence-electron chi connectivity index (χ0n) is 16.1. The molecular weight excluding hydrogens is 478 g/mol. The number of nitrogens with zero attached hydrogens (tertiary/aromatic N) is 2. The van der Waals surface area contributed by atoms with Gasteiger partial charge in [-0.25, -0.2) is 0 Å².